The molecule has 1 atom stereocenters. The molecular weight excluding hydrogens is 415 g/mol. The highest BCUT2D eigenvalue weighted by Crippen LogP contribution is 2.30. The smallest absolute Gasteiger partial charge is 0.307 e. The van der Waals surface area contributed by atoms with Crippen LogP contribution in [0.4, 0.5) is 5.82 Å². The van der Waals surface area contributed by atoms with Crippen LogP contribution in [0.5, 0.6) is 0 Å². The molecule has 1 aliphatic rings. The van der Waals surface area contributed by atoms with Gasteiger partial charge in [-0.2, -0.15) is 0 Å². The number of anilines is 1. The van der Waals surface area contributed by atoms with Gasteiger partial charge in [0.05, 0.1) is 30.3 Å². The van der Waals surface area contributed by atoms with Crippen LogP contribution in [0.15, 0.2) is 30.5 Å². The Morgan fingerprint density at radius 3 is 2.83 bits per heavy atom. The lowest BCUT2D eigenvalue weighted by molar-refractivity contribution is -0.142. The van der Waals surface area contributed by atoms with Crippen molar-refractivity contribution < 1.29 is 14.3 Å². The molecule has 0 spiro atoms. The number of carbonyl (C=O) groups excluding carboxylic acids is 2. The topological polar surface area (TPSA) is 77.3 Å². The lowest BCUT2D eigenvalue weighted by Gasteiger charge is -2.26. The lowest BCUT2D eigenvalue weighted by Crippen LogP contribution is -2.39. The van der Waals surface area contributed by atoms with Gasteiger partial charge in [0.1, 0.15) is 11.6 Å². The Balaban J connectivity index is 1.81. The minimum Gasteiger partial charge on any atom is -0.466 e. The number of carbonyl (C=O) groups is 2. The zero-order valence-corrected chi connectivity index (χ0v) is 17.7. The number of pyridine rings is 1. The van der Waals surface area contributed by atoms with E-state index in [0.717, 1.165) is 11.4 Å². The van der Waals surface area contributed by atoms with Crippen molar-refractivity contribution in [1.82, 2.24) is 14.5 Å². The highest BCUT2D eigenvalue weighted by Gasteiger charge is 2.30. The monoisotopic (exact) mass is 436 g/mol. The van der Waals surface area contributed by atoms with Gasteiger partial charge >= 0.3 is 5.97 Å². The maximum Gasteiger partial charge on any atom is 0.307 e. The molecule has 0 bridgehead atoms. The van der Waals surface area contributed by atoms with Gasteiger partial charge in [0.25, 0.3) is 0 Å². The highest BCUT2D eigenvalue weighted by molar-refractivity contribution is 6.43. The number of alkyl halides is 2. The van der Waals surface area contributed by atoms with Gasteiger partial charge in [0.15, 0.2) is 4.84 Å². The molecule has 154 valence electrons. The fourth-order valence-corrected chi connectivity index (χ4v) is 3.67. The first-order valence-electron chi connectivity index (χ1n) is 9.32. The van der Waals surface area contributed by atoms with Crippen LogP contribution >= 0.6 is 23.2 Å². The number of fused-ring (bicyclic) bond motifs is 1. The number of halogens is 2. The summed E-state index contributed by atoms with van der Waals surface area (Å²) in [5, 5.41) is 0. The second kappa shape index (κ2) is 9.41. The molecule has 0 aliphatic heterocycles. The van der Waals surface area contributed by atoms with E-state index in [0.29, 0.717) is 24.7 Å². The summed E-state index contributed by atoms with van der Waals surface area (Å²) in [6, 6.07) is 5.31. The van der Waals surface area contributed by atoms with Gasteiger partial charge in [-0.05, 0) is 25.1 Å². The van der Waals surface area contributed by atoms with Gasteiger partial charge in [-0.1, -0.05) is 35.3 Å². The van der Waals surface area contributed by atoms with Crippen molar-refractivity contribution in [1.29, 1.82) is 0 Å². The van der Waals surface area contributed by atoms with Crippen LogP contribution in [0.3, 0.4) is 0 Å². The Morgan fingerprint density at radius 2 is 2.17 bits per heavy atom. The average molecular weight is 437 g/mol. The van der Waals surface area contributed by atoms with E-state index in [4.69, 9.17) is 27.9 Å². The molecule has 0 saturated carbocycles. The molecule has 0 radical (unpaired) electrons. The molecule has 3 rings (SSSR count). The summed E-state index contributed by atoms with van der Waals surface area (Å²) in [5.74, 6) is 0.0885. The van der Waals surface area contributed by atoms with Crippen LogP contribution in [-0.4, -0.2) is 39.6 Å². The van der Waals surface area contributed by atoms with E-state index in [9.17, 15) is 9.59 Å². The van der Waals surface area contributed by atoms with E-state index in [-0.39, 0.29) is 24.8 Å². The van der Waals surface area contributed by atoms with Crippen molar-refractivity contribution in [3.8, 4) is 0 Å². The molecule has 9 heteroatoms. The van der Waals surface area contributed by atoms with Gasteiger partial charge in [-0.25, -0.2) is 9.97 Å². The molecule has 2 aromatic heterocycles. The molecule has 0 aromatic carbocycles. The van der Waals surface area contributed by atoms with Crippen LogP contribution in [-0.2, 0) is 27.8 Å². The maximum absolute atomic E-state index is 13.3. The zero-order valence-electron chi connectivity index (χ0n) is 16.2. The van der Waals surface area contributed by atoms with Crippen molar-refractivity contribution in [2.24, 2.45) is 13.0 Å². The third-order valence-electron chi connectivity index (χ3n) is 4.70. The molecular formula is C20H22Cl2N4O3. The fraction of sp³-hybridized carbons (Fsp3) is 0.400. The quantitative estimate of drug-likeness (QED) is 0.490. The van der Waals surface area contributed by atoms with Gasteiger partial charge in [-0.15, -0.1) is 0 Å². The van der Waals surface area contributed by atoms with Gasteiger partial charge < -0.3 is 9.30 Å². The standard InChI is InChI=1S/C20H22Cl2N4O3/c1-3-29-17(27)9-11-26(16-6-4-5-10-23-16)20(28)13-7-8-15-14(12-13)24-19(18(21)22)25(15)2/h4-8,10,13,18H,3,9,11-12H2,1-2H3. The molecule has 0 fully saturated rings. The second-order valence-corrected chi connectivity index (χ2v) is 7.66. The van der Waals surface area contributed by atoms with Crippen molar-refractivity contribution in [2.45, 2.75) is 24.6 Å². The normalized spacial score (nSPS) is 15.3. The fourth-order valence-electron chi connectivity index (χ4n) is 3.28. The first-order chi connectivity index (χ1) is 13.9. The molecule has 2 heterocycles. The number of ether oxygens (including phenoxy) is 1. The Labute approximate surface area is 179 Å². The number of amides is 1. The SMILES string of the molecule is CCOC(=O)CCN(C(=O)C1C=Cc2c(nc(C(Cl)Cl)n2C)C1)c1ccccn1. The lowest BCUT2D eigenvalue weighted by atomic mass is 9.94. The molecule has 7 nitrogen and oxygen atoms in total. The largest absolute Gasteiger partial charge is 0.466 e. The van der Waals surface area contributed by atoms with Gasteiger partial charge in [0.2, 0.25) is 5.91 Å². The number of hydrogen-bond acceptors (Lipinski definition) is 5. The molecule has 0 N–H and O–H groups in total. The molecule has 0 saturated heterocycles. The molecule has 1 amide bonds. The van der Waals surface area contributed by atoms with E-state index >= 15 is 0 Å². The van der Waals surface area contributed by atoms with Gasteiger partial charge in [-0.3, -0.25) is 14.5 Å². The van der Waals surface area contributed by atoms with E-state index in [2.05, 4.69) is 9.97 Å². The number of hydrogen-bond donors (Lipinski definition) is 0. The van der Waals surface area contributed by atoms with E-state index in [1.807, 2.05) is 23.8 Å². The summed E-state index contributed by atoms with van der Waals surface area (Å²) < 4.78 is 6.82. The summed E-state index contributed by atoms with van der Waals surface area (Å²) in [5.41, 5.74) is 1.65. The summed E-state index contributed by atoms with van der Waals surface area (Å²) in [4.78, 5) is 34.7. The summed E-state index contributed by atoms with van der Waals surface area (Å²) in [6.07, 6.45) is 5.82. The molecule has 1 unspecified atom stereocenters. The van der Waals surface area contributed by atoms with Crippen molar-refractivity contribution >= 4 is 47.0 Å². The highest BCUT2D eigenvalue weighted by atomic mass is 35.5. The van der Waals surface area contributed by atoms with E-state index in [1.54, 1.807) is 31.3 Å². The minimum absolute atomic E-state index is 0.0890. The summed E-state index contributed by atoms with van der Waals surface area (Å²) >= 11 is 12.0. The van der Waals surface area contributed by atoms with Crippen LogP contribution in [0.1, 0.15) is 35.4 Å². The Morgan fingerprint density at radius 1 is 1.38 bits per heavy atom. The number of esters is 1. The van der Waals surface area contributed by atoms with Crippen LogP contribution < -0.4 is 4.90 Å². The van der Waals surface area contributed by atoms with Crippen molar-refractivity contribution in [3.63, 3.8) is 0 Å². The van der Waals surface area contributed by atoms with Crippen LogP contribution in [0.2, 0.25) is 0 Å². The van der Waals surface area contributed by atoms with Crippen molar-refractivity contribution in [3.05, 3.63) is 47.7 Å². The predicted octanol–water partition coefficient (Wildman–Crippen LogP) is 3.46. The summed E-state index contributed by atoms with van der Waals surface area (Å²) in [6.45, 7) is 2.23. The predicted molar refractivity (Wildman–Crippen MR) is 112 cm³/mol. The zero-order chi connectivity index (χ0) is 21.0. The van der Waals surface area contributed by atoms with Gasteiger partial charge in [0, 0.05) is 26.2 Å². The number of rotatable bonds is 7. The summed E-state index contributed by atoms with van der Waals surface area (Å²) in [7, 11) is 1.84. The first kappa shape index (κ1) is 21.3. The number of nitrogens with zero attached hydrogens (tertiary/aromatic N) is 4. The minimum atomic E-state index is -0.747. The van der Waals surface area contributed by atoms with Crippen LogP contribution in [0, 0.1) is 5.92 Å². The Hall–Kier alpha value is -2.38. The van der Waals surface area contributed by atoms with E-state index < -0.39 is 10.8 Å². The Kier molecular flexibility index (Phi) is 6.92. The third-order valence-corrected chi connectivity index (χ3v) is 5.09. The van der Waals surface area contributed by atoms with Crippen LogP contribution in [0.25, 0.3) is 6.08 Å². The third kappa shape index (κ3) is 4.79. The number of aromatic nitrogens is 3. The average Bonchev–Trinajstić information content (AvgIpc) is 3.05. The maximum atomic E-state index is 13.3. The molecule has 29 heavy (non-hydrogen) atoms. The second-order valence-electron chi connectivity index (χ2n) is 6.56. The molecule has 2 aromatic rings. The van der Waals surface area contributed by atoms with E-state index in [1.165, 1.54) is 4.90 Å². The Bertz CT molecular complexity index is 912. The van der Waals surface area contributed by atoms with Crippen molar-refractivity contribution in [2.75, 3.05) is 18.1 Å². The number of imidazole rings is 1. The molecule has 1 aliphatic carbocycles. The first-order valence-corrected chi connectivity index (χ1v) is 10.2.